The summed E-state index contributed by atoms with van der Waals surface area (Å²) in [6, 6.07) is 8.89. The molecule has 29 heavy (non-hydrogen) atoms. The number of hydrogen-bond donors (Lipinski definition) is 1. The van der Waals surface area contributed by atoms with Crippen molar-refractivity contribution in [3.63, 3.8) is 0 Å². The Balaban J connectivity index is 1.97. The summed E-state index contributed by atoms with van der Waals surface area (Å²) < 4.78 is 39.8. The van der Waals surface area contributed by atoms with E-state index >= 15 is 0 Å². The summed E-state index contributed by atoms with van der Waals surface area (Å²) in [7, 11) is 0. The van der Waals surface area contributed by atoms with Crippen molar-refractivity contribution in [2.45, 2.75) is 12.5 Å². The molecule has 5 nitrogen and oxygen atoms in total. The predicted octanol–water partition coefficient (Wildman–Crippen LogP) is 5.83. The van der Waals surface area contributed by atoms with Crippen LogP contribution in [0.3, 0.4) is 0 Å². The van der Waals surface area contributed by atoms with Crippen LogP contribution in [0, 0.1) is 11.6 Å². The van der Waals surface area contributed by atoms with Crippen LogP contribution in [0.5, 0.6) is 5.75 Å². The van der Waals surface area contributed by atoms with Gasteiger partial charge in [-0.1, -0.05) is 29.8 Å². The lowest BCUT2D eigenvalue weighted by molar-refractivity contribution is 0.0989. The number of nitrogens with zero attached hydrogens (tertiary/aromatic N) is 1. The third-order valence-electron chi connectivity index (χ3n) is 3.95. The van der Waals surface area contributed by atoms with E-state index in [2.05, 4.69) is 27.5 Å². The summed E-state index contributed by atoms with van der Waals surface area (Å²) in [5, 5.41) is 0.568. The largest absolute Gasteiger partial charge is 0.477 e. The molecule has 1 unspecified atom stereocenters. The number of benzene rings is 2. The summed E-state index contributed by atoms with van der Waals surface area (Å²) in [6.07, 6.45) is 0.849. The van der Waals surface area contributed by atoms with Crippen LogP contribution < -0.4 is 10.5 Å². The molecule has 0 aliphatic heterocycles. The Morgan fingerprint density at radius 2 is 2.00 bits per heavy atom. The molecule has 3 aromatic rings. The van der Waals surface area contributed by atoms with E-state index in [1.54, 1.807) is 24.3 Å². The van der Waals surface area contributed by atoms with E-state index in [0.717, 1.165) is 17.7 Å². The molecule has 0 spiro atoms. The zero-order chi connectivity index (χ0) is 21.1. The Labute approximate surface area is 178 Å². The van der Waals surface area contributed by atoms with E-state index in [4.69, 9.17) is 26.5 Å². The van der Waals surface area contributed by atoms with Crippen LogP contribution in [0.4, 0.5) is 8.78 Å². The minimum absolute atomic E-state index is 0.131. The Morgan fingerprint density at radius 1 is 1.31 bits per heavy atom. The number of hydrogen-bond acceptors (Lipinski definition) is 4. The lowest BCUT2D eigenvalue weighted by Gasteiger charge is -2.16. The van der Waals surface area contributed by atoms with Crippen LogP contribution in [0.1, 0.15) is 28.8 Å². The van der Waals surface area contributed by atoms with Gasteiger partial charge in [0.1, 0.15) is 17.1 Å². The first-order valence-corrected chi connectivity index (χ1v) is 9.46. The van der Waals surface area contributed by atoms with E-state index in [1.165, 1.54) is 6.08 Å². The van der Waals surface area contributed by atoms with Gasteiger partial charge in [0.2, 0.25) is 5.89 Å². The molecular formula is C20H14BrClF2N2O3. The second kappa shape index (κ2) is 8.75. The Kier molecular flexibility index (Phi) is 6.34. The molecule has 150 valence electrons. The maximum atomic E-state index is 14.5. The standard InChI is InChI=1S/C20H14BrClF2N2O3/c1-2-3-14(28-13-9-8-12(23)15(16(13)24)19(25)27)20-26-17(18(21)29-20)10-4-6-11(22)7-5-10/h2,4-9,14H,1,3H2,(H2,25,27). The minimum Gasteiger partial charge on any atom is -0.477 e. The van der Waals surface area contributed by atoms with Crippen molar-refractivity contribution in [1.29, 1.82) is 0 Å². The first-order chi connectivity index (χ1) is 13.8. The summed E-state index contributed by atoms with van der Waals surface area (Å²) in [4.78, 5) is 15.7. The topological polar surface area (TPSA) is 78.4 Å². The highest BCUT2D eigenvalue weighted by Crippen LogP contribution is 2.35. The van der Waals surface area contributed by atoms with Crippen molar-refractivity contribution in [2.75, 3.05) is 0 Å². The minimum atomic E-state index is -1.24. The number of nitrogens with two attached hydrogens (primary N) is 1. The van der Waals surface area contributed by atoms with Crippen molar-refractivity contribution in [1.82, 2.24) is 4.98 Å². The molecule has 0 radical (unpaired) electrons. The van der Waals surface area contributed by atoms with E-state index in [9.17, 15) is 13.6 Å². The van der Waals surface area contributed by atoms with Crippen LogP contribution >= 0.6 is 27.5 Å². The quantitative estimate of drug-likeness (QED) is 0.429. The van der Waals surface area contributed by atoms with Gasteiger partial charge >= 0.3 is 0 Å². The van der Waals surface area contributed by atoms with E-state index in [-0.39, 0.29) is 18.1 Å². The monoisotopic (exact) mass is 482 g/mol. The summed E-state index contributed by atoms with van der Waals surface area (Å²) in [6.45, 7) is 3.64. The van der Waals surface area contributed by atoms with Crippen molar-refractivity contribution in [2.24, 2.45) is 5.73 Å². The molecule has 1 atom stereocenters. The van der Waals surface area contributed by atoms with Gasteiger partial charge in [0, 0.05) is 17.0 Å². The van der Waals surface area contributed by atoms with E-state index in [1.807, 2.05) is 0 Å². The number of rotatable bonds is 7. The Bertz CT molecular complexity index is 1070. The van der Waals surface area contributed by atoms with Crippen LogP contribution in [0.25, 0.3) is 11.3 Å². The molecule has 0 saturated heterocycles. The number of aromatic nitrogens is 1. The molecule has 1 amide bonds. The van der Waals surface area contributed by atoms with Crippen LogP contribution in [-0.4, -0.2) is 10.9 Å². The van der Waals surface area contributed by atoms with Crippen molar-refractivity contribution in [3.05, 3.63) is 81.8 Å². The fourth-order valence-corrected chi connectivity index (χ4v) is 3.20. The number of primary amides is 1. The van der Waals surface area contributed by atoms with Gasteiger partial charge in [-0.05, 0) is 40.2 Å². The van der Waals surface area contributed by atoms with Gasteiger partial charge in [0.05, 0.1) is 0 Å². The van der Waals surface area contributed by atoms with Gasteiger partial charge in [-0.25, -0.2) is 13.8 Å². The molecule has 0 aliphatic carbocycles. The van der Waals surface area contributed by atoms with Gasteiger partial charge in [0.15, 0.2) is 22.3 Å². The third-order valence-corrected chi connectivity index (χ3v) is 4.74. The van der Waals surface area contributed by atoms with Gasteiger partial charge < -0.3 is 14.9 Å². The summed E-state index contributed by atoms with van der Waals surface area (Å²) >= 11 is 9.21. The number of oxazole rings is 1. The number of ether oxygens (including phenoxy) is 1. The normalized spacial score (nSPS) is 11.9. The van der Waals surface area contributed by atoms with Crippen molar-refractivity contribution < 1.29 is 22.7 Å². The average Bonchev–Trinajstić information content (AvgIpc) is 3.05. The number of amides is 1. The molecule has 2 N–H and O–H groups in total. The zero-order valence-corrected chi connectivity index (χ0v) is 17.1. The molecule has 0 saturated carbocycles. The van der Waals surface area contributed by atoms with Crippen molar-refractivity contribution >= 4 is 33.4 Å². The summed E-state index contributed by atoms with van der Waals surface area (Å²) in [5.41, 5.74) is 5.39. The highest BCUT2D eigenvalue weighted by molar-refractivity contribution is 9.10. The molecule has 3 rings (SSSR count). The zero-order valence-electron chi connectivity index (χ0n) is 14.8. The molecule has 0 fully saturated rings. The van der Waals surface area contributed by atoms with Gasteiger partial charge in [0.25, 0.3) is 5.91 Å². The molecule has 0 aliphatic rings. The fourth-order valence-electron chi connectivity index (χ4n) is 2.59. The highest BCUT2D eigenvalue weighted by atomic mass is 79.9. The maximum Gasteiger partial charge on any atom is 0.254 e. The van der Waals surface area contributed by atoms with E-state index < -0.39 is 29.2 Å². The second-order valence-corrected chi connectivity index (χ2v) is 7.07. The number of carbonyl (C=O) groups excluding carboxylic acids is 1. The smallest absolute Gasteiger partial charge is 0.254 e. The first-order valence-electron chi connectivity index (χ1n) is 8.29. The second-order valence-electron chi connectivity index (χ2n) is 5.91. The molecule has 9 heteroatoms. The van der Waals surface area contributed by atoms with E-state index in [0.29, 0.717) is 15.4 Å². The lowest BCUT2D eigenvalue weighted by Crippen LogP contribution is -2.17. The first kappa shape index (κ1) is 21.0. The van der Waals surface area contributed by atoms with Crippen molar-refractivity contribution in [3.8, 4) is 17.0 Å². The molecule has 1 aromatic heterocycles. The predicted molar refractivity (Wildman–Crippen MR) is 108 cm³/mol. The van der Waals surface area contributed by atoms with Crippen LogP contribution in [0.2, 0.25) is 5.02 Å². The Morgan fingerprint density at radius 3 is 2.62 bits per heavy atom. The fraction of sp³-hybridized carbons (Fsp3) is 0.100. The number of carbonyl (C=O) groups is 1. The van der Waals surface area contributed by atoms with Gasteiger partial charge in [-0.3, -0.25) is 4.79 Å². The summed E-state index contributed by atoms with van der Waals surface area (Å²) in [5.74, 6) is -3.75. The molecule has 1 heterocycles. The average molecular weight is 484 g/mol. The molecular weight excluding hydrogens is 470 g/mol. The maximum absolute atomic E-state index is 14.5. The van der Waals surface area contributed by atoms with Gasteiger partial charge in [-0.2, -0.15) is 0 Å². The molecule has 2 aromatic carbocycles. The Hall–Kier alpha value is -2.71. The third kappa shape index (κ3) is 4.49. The lowest BCUT2D eigenvalue weighted by atomic mass is 10.1. The highest BCUT2D eigenvalue weighted by Gasteiger charge is 2.26. The number of halogens is 4. The SMILES string of the molecule is C=CCC(Oc1ccc(F)c(C(N)=O)c1F)c1nc(-c2ccc(Cl)cc2)c(Br)o1. The molecule has 0 bridgehead atoms. The van der Waals surface area contributed by atoms with Crippen LogP contribution in [-0.2, 0) is 0 Å². The van der Waals surface area contributed by atoms with Gasteiger partial charge in [-0.15, -0.1) is 6.58 Å². The van der Waals surface area contributed by atoms with Crippen LogP contribution in [0.15, 0.2) is 58.1 Å².